The number of rotatable bonds is 3. The zero-order chi connectivity index (χ0) is 11.5. The van der Waals surface area contributed by atoms with Crippen LogP contribution in [0.4, 0.5) is 8.78 Å². The maximum atomic E-state index is 11.9. The largest absolute Gasteiger partial charge is 0.435 e. The van der Waals surface area contributed by atoms with Crippen LogP contribution in [0.2, 0.25) is 0 Å². The molecular formula is C9H5F2IN2O2. The third-order valence-electron chi connectivity index (χ3n) is 1.73. The molecule has 1 heterocycles. The molecule has 0 aliphatic rings. The van der Waals surface area contributed by atoms with Gasteiger partial charge < -0.3 is 9.15 Å². The second kappa shape index (κ2) is 4.73. The molecule has 0 atom stereocenters. The molecule has 2 rings (SSSR count). The summed E-state index contributed by atoms with van der Waals surface area (Å²) in [5, 5.41) is 7.45. The van der Waals surface area contributed by atoms with Gasteiger partial charge in [-0.2, -0.15) is 8.78 Å². The summed E-state index contributed by atoms with van der Waals surface area (Å²) >= 11 is 1.89. The first-order valence-electron chi connectivity index (χ1n) is 4.19. The molecule has 7 heteroatoms. The molecule has 0 radical (unpaired) electrons. The third kappa shape index (κ3) is 2.65. The molecule has 2 aromatic rings. The monoisotopic (exact) mass is 338 g/mol. The number of hydrogen-bond acceptors (Lipinski definition) is 4. The second-order valence-corrected chi connectivity index (χ2v) is 3.69. The number of ether oxygens (including phenoxy) is 1. The Morgan fingerprint density at radius 1 is 1.19 bits per heavy atom. The van der Waals surface area contributed by atoms with Gasteiger partial charge in [-0.15, -0.1) is 10.2 Å². The van der Waals surface area contributed by atoms with Crippen molar-refractivity contribution in [3.05, 3.63) is 28.2 Å². The van der Waals surface area contributed by atoms with Gasteiger partial charge in [0.1, 0.15) is 5.75 Å². The van der Waals surface area contributed by atoms with Crippen molar-refractivity contribution in [1.82, 2.24) is 10.2 Å². The van der Waals surface area contributed by atoms with E-state index in [1.807, 2.05) is 22.6 Å². The summed E-state index contributed by atoms with van der Waals surface area (Å²) in [6.45, 7) is -2.82. The van der Waals surface area contributed by atoms with Gasteiger partial charge in [0.2, 0.25) is 5.89 Å². The van der Waals surface area contributed by atoms with E-state index in [1.54, 1.807) is 12.1 Å². The lowest BCUT2D eigenvalue weighted by atomic mass is 10.2. The van der Waals surface area contributed by atoms with Gasteiger partial charge in [0.25, 0.3) is 3.90 Å². The molecule has 0 aliphatic carbocycles. The Balaban J connectivity index is 2.19. The average molecular weight is 338 g/mol. The predicted octanol–water partition coefficient (Wildman–Crippen LogP) is 2.94. The summed E-state index contributed by atoms with van der Waals surface area (Å²) in [6.07, 6.45) is 0. The van der Waals surface area contributed by atoms with Crippen molar-refractivity contribution >= 4 is 22.6 Å². The molecular weight excluding hydrogens is 333 g/mol. The van der Waals surface area contributed by atoms with E-state index in [4.69, 9.17) is 4.42 Å². The van der Waals surface area contributed by atoms with Gasteiger partial charge >= 0.3 is 6.61 Å². The van der Waals surface area contributed by atoms with Crippen LogP contribution in [0, 0.1) is 3.90 Å². The molecule has 0 N–H and O–H groups in total. The molecule has 0 bridgehead atoms. The van der Waals surface area contributed by atoms with Gasteiger partial charge in [-0.1, -0.05) is 0 Å². The van der Waals surface area contributed by atoms with Crippen LogP contribution < -0.4 is 4.74 Å². The lowest BCUT2D eigenvalue weighted by Crippen LogP contribution is -2.01. The van der Waals surface area contributed by atoms with E-state index in [1.165, 1.54) is 12.1 Å². The minimum absolute atomic E-state index is 0.0907. The Bertz CT molecular complexity index is 473. The molecule has 0 saturated heterocycles. The van der Waals surface area contributed by atoms with Crippen molar-refractivity contribution in [2.45, 2.75) is 6.61 Å². The van der Waals surface area contributed by atoms with Crippen molar-refractivity contribution in [1.29, 1.82) is 0 Å². The number of halogens is 3. The van der Waals surface area contributed by atoms with Gasteiger partial charge in [0.05, 0.1) is 0 Å². The van der Waals surface area contributed by atoms with E-state index in [0.29, 0.717) is 15.4 Å². The zero-order valence-electron chi connectivity index (χ0n) is 7.73. The standard InChI is InChI=1S/C9H5F2IN2O2/c10-8(11)15-6-3-1-5(2-4-6)7-13-14-9(12)16-7/h1-4,8H. The molecule has 0 aliphatic heterocycles. The predicted molar refractivity (Wildman–Crippen MR) is 59.1 cm³/mol. The van der Waals surface area contributed by atoms with Crippen LogP contribution >= 0.6 is 22.6 Å². The zero-order valence-corrected chi connectivity index (χ0v) is 9.89. The van der Waals surface area contributed by atoms with E-state index >= 15 is 0 Å². The summed E-state index contributed by atoms with van der Waals surface area (Å²) in [5.41, 5.74) is 0.650. The van der Waals surface area contributed by atoms with Crippen LogP contribution in [-0.4, -0.2) is 16.8 Å². The Kier molecular flexibility index (Phi) is 3.32. The highest BCUT2D eigenvalue weighted by Gasteiger charge is 2.08. The molecule has 0 amide bonds. The van der Waals surface area contributed by atoms with E-state index in [2.05, 4.69) is 14.9 Å². The maximum Gasteiger partial charge on any atom is 0.387 e. The maximum absolute atomic E-state index is 11.9. The highest BCUT2D eigenvalue weighted by Crippen LogP contribution is 2.22. The summed E-state index contributed by atoms with van der Waals surface area (Å²) in [4.78, 5) is 0. The van der Waals surface area contributed by atoms with Crippen LogP contribution in [0.15, 0.2) is 28.7 Å². The smallest absolute Gasteiger partial charge is 0.387 e. The first-order chi connectivity index (χ1) is 7.65. The first kappa shape index (κ1) is 11.2. The fourth-order valence-electron chi connectivity index (χ4n) is 1.10. The van der Waals surface area contributed by atoms with E-state index in [-0.39, 0.29) is 5.75 Å². The molecule has 0 unspecified atom stereocenters. The minimum atomic E-state index is -2.82. The van der Waals surface area contributed by atoms with Crippen LogP contribution in [0.25, 0.3) is 11.5 Å². The van der Waals surface area contributed by atoms with Crippen molar-refractivity contribution < 1.29 is 17.9 Å². The highest BCUT2D eigenvalue weighted by atomic mass is 127. The Morgan fingerprint density at radius 2 is 1.88 bits per heavy atom. The van der Waals surface area contributed by atoms with Crippen molar-refractivity contribution in [2.75, 3.05) is 0 Å². The third-order valence-corrected chi connectivity index (χ3v) is 2.16. The number of alkyl halides is 2. The molecule has 16 heavy (non-hydrogen) atoms. The van der Waals surface area contributed by atoms with Gasteiger partial charge in [-0.25, -0.2) is 0 Å². The second-order valence-electron chi connectivity index (χ2n) is 2.76. The molecule has 0 saturated carbocycles. The molecule has 84 valence electrons. The Morgan fingerprint density at radius 3 is 2.38 bits per heavy atom. The van der Waals surface area contributed by atoms with E-state index in [9.17, 15) is 8.78 Å². The van der Waals surface area contributed by atoms with Gasteiger partial charge in [0.15, 0.2) is 0 Å². The lowest BCUT2D eigenvalue weighted by Gasteiger charge is -2.03. The molecule has 1 aromatic carbocycles. The summed E-state index contributed by atoms with van der Waals surface area (Å²) in [7, 11) is 0. The van der Waals surface area contributed by atoms with Crippen molar-refractivity contribution in [3.8, 4) is 17.2 Å². The summed E-state index contributed by atoms with van der Waals surface area (Å²) < 4.78 is 33.6. The number of hydrogen-bond donors (Lipinski definition) is 0. The minimum Gasteiger partial charge on any atom is -0.435 e. The number of aromatic nitrogens is 2. The van der Waals surface area contributed by atoms with E-state index < -0.39 is 6.61 Å². The number of nitrogens with zero attached hydrogens (tertiary/aromatic N) is 2. The number of benzene rings is 1. The topological polar surface area (TPSA) is 48.2 Å². The normalized spacial score (nSPS) is 10.8. The molecule has 0 fully saturated rings. The Hall–Kier alpha value is -1.25. The van der Waals surface area contributed by atoms with Crippen LogP contribution in [0.3, 0.4) is 0 Å². The fourth-order valence-corrected chi connectivity index (χ4v) is 1.42. The lowest BCUT2D eigenvalue weighted by molar-refractivity contribution is -0.0498. The highest BCUT2D eigenvalue weighted by molar-refractivity contribution is 14.1. The van der Waals surface area contributed by atoms with Crippen LogP contribution in [0.1, 0.15) is 0 Å². The van der Waals surface area contributed by atoms with E-state index in [0.717, 1.165) is 0 Å². The molecule has 0 spiro atoms. The van der Waals surface area contributed by atoms with Gasteiger partial charge in [0, 0.05) is 28.2 Å². The van der Waals surface area contributed by atoms with Crippen molar-refractivity contribution in [3.63, 3.8) is 0 Å². The van der Waals surface area contributed by atoms with Gasteiger partial charge in [-0.05, 0) is 24.3 Å². The fraction of sp³-hybridized carbons (Fsp3) is 0.111. The molecule has 1 aromatic heterocycles. The quantitative estimate of drug-likeness (QED) is 0.808. The summed E-state index contributed by atoms with van der Waals surface area (Å²) in [5.74, 6) is 0.431. The SMILES string of the molecule is FC(F)Oc1ccc(-c2nnc(I)o2)cc1. The van der Waals surface area contributed by atoms with Gasteiger partial charge in [-0.3, -0.25) is 0 Å². The van der Waals surface area contributed by atoms with Crippen LogP contribution in [-0.2, 0) is 0 Å². The Labute approximate surface area is 103 Å². The van der Waals surface area contributed by atoms with Crippen LogP contribution in [0.5, 0.6) is 5.75 Å². The van der Waals surface area contributed by atoms with Crippen molar-refractivity contribution in [2.24, 2.45) is 0 Å². The molecule has 4 nitrogen and oxygen atoms in total. The average Bonchev–Trinajstić information content (AvgIpc) is 2.65. The summed E-state index contributed by atoms with van der Waals surface area (Å²) in [6, 6.07) is 5.97. The first-order valence-corrected chi connectivity index (χ1v) is 5.27.